The highest BCUT2D eigenvalue weighted by Crippen LogP contribution is 2.63. The third kappa shape index (κ3) is 2.08. The van der Waals surface area contributed by atoms with Gasteiger partial charge in [-0.2, -0.15) is 0 Å². The second-order valence-corrected chi connectivity index (χ2v) is 6.80. The first kappa shape index (κ1) is 14.1. The lowest BCUT2D eigenvalue weighted by Gasteiger charge is -2.12. The van der Waals surface area contributed by atoms with E-state index in [9.17, 15) is 10.1 Å². The molecular weight excluding hydrogens is 264 g/mol. The molecule has 2 rings (SSSR count). The van der Waals surface area contributed by atoms with Gasteiger partial charge in [0, 0.05) is 17.8 Å². The first-order valence-corrected chi connectivity index (χ1v) is 6.68. The number of benzene rings is 1. The molecule has 0 atom stereocenters. The van der Waals surface area contributed by atoms with Crippen molar-refractivity contribution in [2.45, 2.75) is 40.7 Å². The molecule has 0 spiro atoms. The third-order valence-electron chi connectivity index (χ3n) is 4.81. The van der Waals surface area contributed by atoms with Gasteiger partial charge in [0.05, 0.1) is 4.92 Å². The van der Waals surface area contributed by atoms with Crippen LogP contribution in [-0.4, -0.2) is 11.0 Å². The number of rotatable bonds is 3. The first-order valence-electron chi connectivity index (χ1n) is 6.30. The Morgan fingerprint density at radius 2 is 1.79 bits per heavy atom. The first-order chi connectivity index (χ1) is 8.59. The Morgan fingerprint density at radius 3 is 2.21 bits per heavy atom. The summed E-state index contributed by atoms with van der Waals surface area (Å²) in [6.45, 7) is 10.7. The van der Waals surface area contributed by atoms with Crippen LogP contribution in [0, 0.1) is 27.9 Å². The van der Waals surface area contributed by atoms with Crippen molar-refractivity contribution in [1.29, 1.82) is 0 Å². The predicted molar refractivity (Wildman–Crippen MR) is 77.8 cm³/mol. The molecule has 1 saturated carbocycles. The number of nitrogens with zero attached hydrogens (tertiary/aromatic N) is 1. The molecule has 104 valence electrons. The van der Waals surface area contributed by atoms with E-state index in [0.29, 0.717) is 6.04 Å². The van der Waals surface area contributed by atoms with E-state index >= 15 is 0 Å². The molecule has 1 aromatic carbocycles. The lowest BCUT2D eigenvalue weighted by molar-refractivity contribution is -0.384. The number of aryl methyl sites for hydroxylation is 1. The fourth-order valence-electron chi connectivity index (χ4n) is 2.67. The normalized spacial score (nSPS) is 20.1. The standard InChI is InChI=1S/C14H19ClN2O2/c1-8-6-11(17(18)19)9(15)7-10(8)16-12-13(2,3)14(12,4)5/h6-7,12,16H,1-5H3. The van der Waals surface area contributed by atoms with Gasteiger partial charge < -0.3 is 5.32 Å². The van der Waals surface area contributed by atoms with Gasteiger partial charge in [0.15, 0.2) is 0 Å². The van der Waals surface area contributed by atoms with Crippen molar-refractivity contribution in [2.75, 3.05) is 5.32 Å². The summed E-state index contributed by atoms with van der Waals surface area (Å²) in [6.07, 6.45) is 0. The van der Waals surface area contributed by atoms with Crippen molar-refractivity contribution in [3.05, 3.63) is 32.8 Å². The van der Waals surface area contributed by atoms with Crippen molar-refractivity contribution in [1.82, 2.24) is 0 Å². The Bertz CT molecular complexity index is 539. The average molecular weight is 283 g/mol. The molecule has 1 N–H and O–H groups in total. The highest BCUT2D eigenvalue weighted by molar-refractivity contribution is 6.33. The van der Waals surface area contributed by atoms with Crippen LogP contribution < -0.4 is 5.32 Å². The zero-order chi connectivity index (χ0) is 14.6. The Balaban J connectivity index is 2.29. The van der Waals surface area contributed by atoms with Gasteiger partial charge in [0.2, 0.25) is 0 Å². The van der Waals surface area contributed by atoms with Gasteiger partial charge in [-0.1, -0.05) is 39.3 Å². The highest BCUT2D eigenvalue weighted by atomic mass is 35.5. The van der Waals surface area contributed by atoms with Crippen LogP contribution in [0.15, 0.2) is 12.1 Å². The van der Waals surface area contributed by atoms with E-state index in [2.05, 4.69) is 33.0 Å². The molecule has 0 heterocycles. The molecule has 0 aromatic heterocycles. The van der Waals surface area contributed by atoms with Crippen LogP contribution in [0.25, 0.3) is 0 Å². The summed E-state index contributed by atoms with van der Waals surface area (Å²) in [4.78, 5) is 10.4. The third-order valence-corrected chi connectivity index (χ3v) is 5.11. The fourth-order valence-corrected chi connectivity index (χ4v) is 2.91. The Morgan fingerprint density at radius 1 is 1.26 bits per heavy atom. The summed E-state index contributed by atoms with van der Waals surface area (Å²) >= 11 is 5.96. The molecular formula is C14H19ClN2O2. The molecule has 0 aliphatic heterocycles. The Labute approximate surface area is 118 Å². The average Bonchev–Trinajstić information content (AvgIpc) is 2.65. The van der Waals surface area contributed by atoms with E-state index < -0.39 is 4.92 Å². The zero-order valence-corrected chi connectivity index (χ0v) is 12.6. The maximum Gasteiger partial charge on any atom is 0.288 e. The van der Waals surface area contributed by atoms with Gasteiger partial charge in [0.25, 0.3) is 5.69 Å². The molecule has 1 aliphatic rings. The maximum atomic E-state index is 10.8. The van der Waals surface area contributed by atoms with Crippen LogP contribution in [0.4, 0.5) is 11.4 Å². The zero-order valence-electron chi connectivity index (χ0n) is 11.9. The van der Waals surface area contributed by atoms with Gasteiger partial charge >= 0.3 is 0 Å². The maximum absolute atomic E-state index is 10.8. The van der Waals surface area contributed by atoms with E-state index in [1.165, 1.54) is 6.07 Å². The number of nitrogens with one attached hydrogen (secondary N) is 1. The molecule has 19 heavy (non-hydrogen) atoms. The van der Waals surface area contributed by atoms with Gasteiger partial charge in [-0.05, 0) is 29.4 Å². The number of nitro benzene ring substituents is 1. The Kier molecular flexibility index (Phi) is 3.05. The van der Waals surface area contributed by atoms with Gasteiger partial charge in [-0.3, -0.25) is 10.1 Å². The van der Waals surface area contributed by atoms with Gasteiger partial charge in [-0.25, -0.2) is 0 Å². The second kappa shape index (κ2) is 4.10. The van der Waals surface area contributed by atoms with Crippen LogP contribution in [0.3, 0.4) is 0 Å². The summed E-state index contributed by atoms with van der Waals surface area (Å²) in [6, 6.07) is 3.52. The summed E-state index contributed by atoms with van der Waals surface area (Å²) in [7, 11) is 0. The summed E-state index contributed by atoms with van der Waals surface area (Å²) in [5, 5.41) is 14.5. The van der Waals surface area contributed by atoms with E-state index in [4.69, 9.17) is 11.6 Å². The van der Waals surface area contributed by atoms with Crippen molar-refractivity contribution < 1.29 is 4.92 Å². The predicted octanol–water partition coefficient (Wildman–Crippen LogP) is 4.40. The quantitative estimate of drug-likeness (QED) is 0.660. The number of nitro groups is 1. The molecule has 0 radical (unpaired) electrons. The minimum atomic E-state index is -0.454. The largest absolute Gasteiger partial charge is 0.381 e. The van der Waals surface area contributed by atoms with Crippen LogP contribution >= 0.6 is 11.6 Å². The lowest BCUT2D eigenvalue weighted by Crippen LogP contribution is -2.11. The molecule has 1 fully saturated rings. The van der Waals surface area contributed by atoms with Crippen LogP contribution in [0.5, 0.6) is 0 Å². The highest BCUT2D eigenvalue weighted by Gasteiger charge is 2.65. The van der Waals surface area contributed by atoms with Gasteiger partial charge in [0.1, 0.15) is 5.02 Å². The second-order valence-electron chi connectivity index (χ2n) is 6.40. The molecule has 1 aromatic rings. The monoisotopic (exact) mass is 282 g/mol. The molecule has 0 amide bonds. The number of hydrogen-bond acceptors (Lipinski definition) is 3. The van der Waals surface area contributed by atoms with Crippen molar-refractivity contribution in [3.63, 3.8) is 0 Å². The lowest BCUT2D eigenvalue weighted by atomic mass is 10.0. The number of anilines is 1. The van der Waals surface area contributed by atoms with E-state index in [1.54, 1.807) is 6.07 Å². The van der Waals surface area contributed by atoms with E-state index in [-0.39, 0.29) is 21.5 Å². The van der Waals surface area contributed by atoms with Crippen LogP contribution in [0.2, 0.25) is 5.02 Å². The van der Waals surface area contributed by atoms with Crippen LogP contribution in [0.1, 0.15) is 33.3 Å². The van der Waals surface area contributed by atoms with E-state index in [1.807, 2.05) is 6.92 Å². The SMILES string of the molecule is Cc1cc([N+](=O)[O-])c(Cl)cc1NC1C(C)(C)C1(C)C. The van der Waals surface area contributed by atoms with Gasteiger partial charge in [-0.15, -0.1) is 0 Å². The van der Waals surface area contributed by atoms with Crippen molar-refractivity contribution in [2.24, 2.45) is 10.8 Å². The number of halogens is 1. The number of hydrogen-bond donors (Lipinski definition) is 1. The minimum Gasteiger partial charge on any atom is -0.381 e. The fraction of sp³-hybridized carbons (Fsp3) is 0.571. The topological polar surface area (TPSA) is 55.2 Å². The minimum absolute atomic E-state index is 0.0426. The molecule has 1 aliphatic carbocycles. The smallest absolute Gasteiger partial charge is 0.288 e. The molecule has 0 unspecified atom stereocenters. The molecule has 5 heteroatoms. The molecule has 4 nitrogen and oxygen atoms in total. The van der Waals surface area contributed by atoms with Crippen molar-refractivity contribution >= 4 is 23.0 Å². The molecule has 0 saturated heterocycles. The molecule has 0 bridgehead atoms. The Hall–Kier alpha value is -1.29. The van der Waals surface area contributed by atoms with E-state index in [0.717, 1.165) is 11.3 Å². The van der Waals surface area contributed by atoms with Crippen LogP contribution in [-0.2, 0) is 0 Å². The summed E-state index contributed by atoms with van der Waals surface area (Å²) in [5.74, 6) is 0. The summed E-state index contributed by atoms with van der Waals surface area (Å²) in [5.41, 5.74) is 2.08. The summed E-state index contributed by atoms with van der Waals surface area (Å²) < 4.78 is 0. The van der Waals surface area contributed by atoms with Crippen molar-refractivity contribution in [3.8, 4) is 0 Å².